The Morgan fingerprint density at radius 1 is 0.886 bits per heavy atom. The minimum absolute atomic E-state index is 0.155. The van der Waals surface area contributed by atoms with Crippen molar-refractivity contribution in [2.24, 2.45) is 0 Å². The average molecular weight is 482 g/mol. The zero-order valence-corrected chi connectivity index (χ0v) is 20.1. The van der Waals surface area contributed by atoms with E-state index in [-0.39, 0.29) is 5.95 Å². The number of nitrogens with zero attached hydrogens (tertiary/aromatic N) is 7. The van der Waals surface area contributed by atoms with Crippen LogP contribution in [0.3, 0.4) is 0 Å². The second-order valence-electron chi connectivity index (χ2n) is 7.86. The van der Waals surface area contributed by atoms with Gasteiger partial charge in [-0.1, -0.05) is 36.0 Å². The molecule has 0 unspecified atom stereocenters. The van der Waals surface area contributed by atoms with Gasteiger partial charge in [0.15, 0.2) is 11.0 Å². The molecule has 0 aliphatic carbocycles. The third-order valence-corrected chi connectivity index (χ3v) is 6.30. The molecular formula is C25H23N9S. The van der Waals surface area contributed by atoms with Gasteiger partial charge in [0.1, 0.15) is 5.82 Å². The van der Waals surface area contributed by atoms with Crippen LogP contribution in [-0.4, -0.2) is 34.7 Å². The van der Waals surface area contributed by atoms with E-state index < -0.39 is 0 Å². The van der Waals surface area contributed by atoms with Crippen molar-refractivity contribution in [1.82, 2.24) is 34.7 Å². The molecule has 3 heterocycles. The summed E-state index contributed by atoms with van der Waals surface area (Å²) in [6.45, 7) is 4.19. The van der Waals surface area contributed by atoms with Crippen LogP contribution < -0.4 is 11.1 Å². The highest BCUT2D eigenvalue weighted by Crippen LogP contribution is 2.30. The fourth-order valence-electron chi connectivity index (χ4n) is 3.49. The summed E-state index contributed by atoms with van der Waals surface area (Å²) in [6, 6.07) is 19.8. The molecule has 0 amide bonds. The molecule has 0 radical (unpaired) electrons. The predicted octanol–water partition coefficient (Wildman–Crippen LogP) is 4.75. The number of thioether (sulfide) groups is 1. The molecule has 3 aromatic heterocycles. The largest absolute Gasteiger partial charge is 0.368 e. The first-order valence-electron chi connectivity index (χ1n) is 11.0. The van der Waals surface area contributed by atoms with E-state index in [1.54, 1.807) is 12.4 Å². The van der Waals surface area contributed by atoms with Gasteiger partial charge >= 0.3 is 0 Å². The first-order valence-corrected chi connectivity index (χ1v) is 11.9. The fraction of sp³-hybridized carbons (Fsp3) is 0.120. The van der Waals surface area contributed by atoms with Crippen LogP contribution in [0.5, 0.6) is 0 Å². The first-order chi connectivity index (χ1) is 17.1. The average Bonchev–Trinajstić information content (AvgIpc) is 3.29. The number of rotatable bonds is 7. The van der Waals surface area contributed by atoms with Crippen LogP contribution in [-0.2, 0) is 5.75 Å². The third kappa shape index (κ3) is 5.12. The Balaban J connectivity index is 1.46. The highest BCUT2D eigenvalue weighted by atomic mass is 32.2. The molecule has 9 nitrogen and oxygen atoms in total. The van der Waals surface area contributed by atoms with Gasteiger partial charge in [0.05, 0.1) is 11.4 Å². The van der Waals surface area contributed by atoms with Crippen molar-refractivity contribution in [1.29, 1.82) is 0 Å². The Kier molecular flexibility index (Phi) is 6.36. The quantitative estimate of drug-likeness (QED) is 0.317. The van der Waals surface area contributed by atoms with Gasteiger partial charge in [-0.2, -0.15) is 15.0 Å². The van der Waals surface area contributed by atoms with Gasteiger partial charge in [-0.05, 0) is 61.4 Å². The summed E-state index contributed by atoms with van der Waals surface area (Å²) in [7, 11) is 0. The van der Waals surface area contributed by atoms with Crippen LogP contribution in [0.2, 0.25) is 0 Å². The zero-order chi connectivity index (χ0) is 24.2. The summed E-state index contributed by atoms with van der Waals surface area (Å²) in [4.78, 5) is 17.2. The molecule has 0 saturated heterocycles. The number of para-hydroxylation sites is 1. The van der Waals surface area contributed by atoms with Crippen LogP contribution in [0.15, 0.2) is 78.2 Å². The maximum atomic E-state index is 5.96. The molecule has 35 heavy (non-hydrogen) atoms. The number of benzene rings is 2. The normalized spacial score (nSPS) is 10.9. The lowest BCUT2D eigenvalue weighted by molar-refractivity contribution is 0.880. The van der Waals surface area contributed by atoms with Crippen LogP contribution >= 0.6 is 11.8 Å². The third-order valence-electron chi connectivity index (χ3n) is 5.38. The standard InChI is InChI=1S/C25H23N9S/c1-16-8-9-20(14-17(16)2)34-22(18-10-12-27-13-11-18)32-33-25(34)35-15-21-29-23(26)31-24(30-21)28-19-6-4-3-5-7-19/h3-14H,15H2,1-2H3,(H3,26,28,29,30,31). The molecule has 174 valence electrons. The Morgan fingerprint density at radius 3 is 2.46 bits per heavy atom. The molecule has 3 N–H and O–H groups in total. The van der Waals surface area contributed by atoms with Crippen molar-refractivity contribution in [2.75, 3.05) is 11.1 Å². The van der Waals surface area contributed by atoms with Gasteiger partial charge in [0, 0.05) is 23.6 Å². The number of aryl methyl sites for hydroxylation is 2. The first kappa shape index (κ1) is 22.5. The van der Waals surface area contributed by atoms with Gasteiger partial charge < -0.3 is 11.1 Å². The molecule has 0 bridgehead atoms. The topological polar surface area (TPSA) is 120 Å². The van der Waals surface area contributed by atoms with E-state index in [4.69, 9.17) is 5.73 Å². The summed E-state index contributed by atoms with van der Waals surface area (Å²) < 4.78 is 2.04. The Morgan fingerprint density at radius 2 is 1.69 bits per heavy atom. The number of hydrogen-bond acceptors (Lipinski definition) is 9. The van der Waals surface area contributed by atoms with Crippen LogP contribution in [0.1, 0.15) is 17.0 Å². The smallest absolute Gasteiger partial charge is 0.232 e. The monoisotopic (exact) mass is 481 g/mol. The van der Waals surface area contributed by atoms with Gasteiger partial charge in [-0.15, -0.1) is 10.2 Å². The fourth-order valence-corrected chi connectivity index (χ4v) is 4.29. The summed E-state index contributed by atoms with van der Waals surface area (Å²) in [5.41, 5.74) is 11.2. The lowest BCUT2D eigenvalue weighted by Crippen LogP contribution is -2.07. The summed E-state index contributed by atoms with van der Waals surface area (Å²) in [6.07, 6.45) is 3.49. The number of pyridine rings is 1. The van der Waals surface area contributed by atoms with Crippen molar-refractivity contribution in [3.05, 3.63) is 90.0 Å². The van der Waals surface area contributed by atoms with Crippen LogP contribution in [0.25, 0.3) is 17.1 Å². The number of nitrogen functional groups attached to an aromatic ring is 1. The maximum Gasteiger partial charge on any atom is 0.232 e. The molecule has 10 heteroatoms. The van der Waals surface area contributed by atoms with Crippen molar-refractivity contribution < 1.29 is 0 Å². The summed E-state index contributed by atoms with van der Waals surface area (Å²) >= 11 is 1.48. The molecule has 0 spiro atoms. The van der Waals surface area contributed by atoms with E-state index in [0.29, 0.717) is 17.5 Å². The SMILES string of the molecule is Cc1ccc(-n2c(SCc3nc(N)nc(Nc4ccccc4)n3)nnc2-c2ccncc2)cc1C. The molecule has 0 aliphatic rings. The lowest BCUT2D eigenvalue weighted by atomic mass is 10.1. The Hall–Kier alpha value is -4.31. The van der Waals surface area contributed by atoms with Crippen LogP contribution in [0, 0.1) is 13.8 Å². The Bertz CT molecular complexity index is 1450. The maximum absolute atomic E-state index is 5.96. The van der Waals surface area contributed by atoms with E-state index in [1.165, 1.54) is 22.9 Å². The number of aromatic nitrogens is 7. The Labute approximate surface area is 206 Å². The van der Waals surface area contributed by atoms with E-state index >= 15 is 0 Å². The van der Waals surface area contributed by atoms with Crippen LogP contribution in [0.4, 0.5) is 17.6 Å². The number of nitrogens with one attached hydrogen (secondary N) is 1. The second kappa shape index (κ2) is 9.90. The van der Waals surface area contributed by atoms with E-state index in [2.05, 4.69) is 67.5 Å². The van der Waals surface area contributed by atoms with Gasteiger partial charge in [-0.25, -0.2) is 0 Å². The predicted molar refractivity (Wildman–Crippen MR) is 138 cm³/mol. The molecule has 0 atom stereocenters. The zero-order valence-electron chi connectivity index (χ0n) is 19.3. The van der Waals surface area contributed by atoms with Gasteiger partial charge in [-0.3, -0.25) is 9.55 Å². The molecule has 0 saturated carbocycles. The van der Waals surface area contributed by atoms with Crippen molar-refractivity contribution in [2.45, 2.75) is 24.8 Å². The number of hydrogen-bond donors (Lipinski definition) is 2. The minimum Gasteiger partial charge on any atom is -0.368 e. The van der Waals surface area contributed by atoms with Crippen molar-refractivity contribution in [3.8, 4) is 17.1 Å². The lowest BCUT2D eigenvalue weighted by Gasteiger charge is -2.12. The summed E-state index contributed by atoms with van der Waals surface area (Å²) in [5.74, 6) is 2.27. The van der Waals surface area contributed by atoms with Gasteiger partial charge in [0.2, 0.25) is 11.9 Å². The van der Waals surface area contributed by atoms with E-state index in [1.807, 2.05) is 47.0 Å². The van der Waals surface area contributed by atoms with Gasteiger partial charge in [0.25, 0.3) is 0 Å². The number of anilines is 3. The highest BCUT2D eigenvalue weighted by molar-refractivity contribution is 7.98. The molecule has 2 aromatic carbocycles. The second-order valence-corrected chi connectivity index (χ2v) is 8.80. The van der Waals surface area contributed by atoms with E-state index in [9.17, 15) is 0 Å². The van der Waals surface area contributed by atoms with Crippen molar-refractivity contribution >= 4 is 29.3 Å². The highest BCUT2D eigenvalue weighted by Gasteiger charge is 2.17. The van der Waals surface area contributed by atoms with E-state index in [0.717, 1.165) is 27.9 Å². The van der Waals surface area contributed by atoms with Crippen molar-refractivity contribution in [3.63, 3.8) is 0 Å². The molecule has 0 aliphatic heterocycles. The minimum atomic E-state index is 0.155. The molecule has 0 fully saturated rings. The summed E-state index contributed by atoms with van der Waals surface area (Å²) in [5, 5.41) is 12.9. The molecular weight excluding hydrogens is 458 g/mol. The molecule has 5 rings (SSSR count). The number of nitrogens with two attached hydrogens (primary N) is 1. The molecule has 5 aromatic rings.